The largest absolute Gasteiger partial charge is 0.505 e. The number of anilines is 1. The molecule has 1 atom stereocenters. The molecule has 1 aromatic carbocycles. The lowest BCUT2D eigenvalue weighted by Crippen LogP contribution is -2.35. The molecule has 0 aliphatic heterocycles. The zero-order chi connectivity index (χ0) is 22.4. The number of ether oxygens (including phenoxy) is 1. The fourth-order valence-electron chi connectivity index (χ4n) is 2.95. The predicted octanol–water partition coefficient (Wildman–Crippen LogP) is 3.64. The van der Waals surface area contributed by atoms with Crippen LogP contribution >= 0.6 is 11.3 Å². The average Bonchev–Trinajstić information content (AvgIpc) is 3.25. The number of hydrogen-bond donors (Lipinski definition) is 3. The number of nitrogens with one attached hydrogen (secondary N) is 2. The van der Waals surface area contributed by atoms with Crippen LogP contribution in [0.3, 0.4) is 0 Å². The van der Waals surface area contributed by atoms with Crippen molar-refractivity contribution in [2.24, 2.45) is 7.05 Å². The summed E-state index contributed by atoms with van der Waals surface area (Å²) >= 11 is 1.45. The smallest absolute Gasteiger partial charge is 0.320 e. The number of rotatable bonds is 7. The van der Waals surface area contributed by atoms with Gasteiger partial charge in [-0.1, -0.05) is 30.3 Å². The molecule has 0 aliphatic rings. The number of pyridine rings is 1. The Labute approximate surface area is 183 Å². The molecule has 0 aliphatic carbocycles. The summed E-state index contributed by atoms with van der Waals surface area (Å²) in [4.78, 5) is 38.6. The van der Waals surface area contributed by atoms with Crippen molar-refractivity contribution < 1.29 is 19.4 Å². The van der Waals surface area contributed by atoms with E-state index in [4.69, 9.17) is 4.74 Å². The van der Waals surface area contributed by atoms with E-state index in [0.717, 1.165) is 15.3 Å². The minimum absolute atomic E-state index is 0.0746. The van der Waals surface area contributed by atoms with Gasteiger partial charge in [0.25, 0.3) is 5.56 Å². The summed E-state index contributed by atoms with van der Waals surface area (Å²) < 4.78 is 6.27. The fourth-order valence-corrected chi connectivity index (χ4v) is 4.02. The van der Waals surface area contributed by atoms with E-state index in [1.165, 1.54) is 35.2 Å². The molecule has 3 aromatic rings. The molecule has 3 rings (SSSR count). The molecule has 0 fully saturated rings. The lowest BCUT2D eigenvalue weighted by molar-refractivity contribution is -0.143. The molecule has 162 valence electrons. The Bertz CT molecular complexity index is 1120. The lowest BCUT2D eigenvalue weighted by Gasteiger charge is -2.17. The highest BCUT2D eigenvalue weighted by Gasteiger charge is 2.22. The van der Waals surface area contributed by atoms with Crippen LogP contribution in [-0.4, -0.2) is 28.3 Å². The van der Waals surface area contributed by atoms with E-state index in [0.29, 0.717) is 0 Å². The summed E-state index contributed by atoms with van der Waals surface area (Å²) in [5.41, 5.74) is 0.226. The molecule has 0 saturated heterocycles. The van der Waals surface area contributed by atoms with Crippen molar-refractivity contribution in [2.75, 3.05) is 11.9 Å². The molecule has 2 heterocycles. The van der Waals surface area contributed by atoms with Gasteiger partial charge in [-0.3, -0.25) is 9.59 Å². The van der Waals surface area contributed by atoms with Crippen molar-refractivity contribution >= 4 is 29.0 Å². The Morgan fingerprint density at radius 3 is 2.61 bits per heavy atom. The highest BCUT2D eigenvalue weighted by atomic mass is 32.1. The van der Waals surface area contributed by atoms with Gasteiger partial charge < -0.3 is 25.0 Å². The zero-order valence-corrected chi connectivity index (χ0v) is 17.9. The second-order valence-corrected chi connectivity index (χ2v) is 7.84. The number of aromatic hydroxyl groups is 1. The van der Waals surface area contributed by atoms with E-state index in [1.807, 2.05) is 42.5 Å². The highest BCUT2D eigenvalue weighted by molar-refractivity contribution is 7.15. The number of aromatic nitrogens is 1. The Morgan fingerprint density at radius 2 is 1.90 bits per heavy atom. The number of carbonyl (C=O) groups excluding carboxylic acids is 2. The van der Waals surface area contributed by atoms with Gasteiger partial charge in [-0.2, -0.15) is 0 Å². The third kappa shape index (κ3) is 5.52. The minimum Gasteiger partial charge on any atom is -0.505 e. The van der Waals surface area contributed by atoms with Crippen LogP contribution in [0.1, 0.15) is 24.3 Å². The first kappa shape index (κ1) is 22.1. The maximum atomic E-state index is 12.6. The Morgan fingerprint density at radius 1 is 1.16 bits per heavy atom. The number of amides is 2. The SMILES string of the molecule is CCOC(=O)CC(NC(=O)Nc1c(O)ccn(C)c1=O)c1ccc(-c2ccccc2)s1. The van der Waals surface area contributed by atoms with E-state index >= 15 is 0 Å². The van der Waals surface area contributed by atoms with Crippen molar-refractivity contribution in [1.29, 1.82) is 0 Å². The van der Waals surface area contributed by atoms with Gasteiger partial charge in [0.1, 0.15) is 5.75 Å². The van der Waals surface area contributed by atoms with Gasteiger partial charge in [-0.15, -0.1) is 11.3 Å². The van der Waals surface area contributed by atoms with Crippen molar-refractivity contribution in [2.45, 2.75) is 19.4 Å². The van der Waals surface area contributed by atoms with Gasteiger partial charge in [0.15, 0.2) is 5.69 Å². The highest BCUT2D eigenvalue weighted by Crippen LogP contribution is 2.33. The van der Waals surface area contributed by atoms with Gasteiger partial charge >= 0.3 is 12.0 Å². The van der Waals surface area contributed by atoms with E-state index < -0.39 is 23.6 Å². The van der Waals surface area contributed by atoms with Crippen molar-refractivity contribution in [1.82, 2.24) is 9.88 Å². The Balaban J connectivity index is 1.82. The number of carbonyl (C=O) groups is 2. The molecule has 0 spiro atoms. The number of esters is 1. The van der Waals surface area contributed by atoms with Gasteiger partial charge in [-0.25, -0.2) is 4.79 Å². The first-order valence-corrected chi connectivity index (χ1v) is 10.5. The quantitative estimate of drug-likeness (QED) is 0.485. The number of hydrogen-bond acceptors (Lipinski definition) is 6. The molecule has 0 saturated carbocycles. The normalized spacial score (nSPS) is 11.5. The van der Waals surface area contributed by atoms with Gasteiger partial charge in [0, 0.05) is 23.0 Å². The maximum Gasteiger partial charge on any atom is 0.320 e. The first-order chi connectivity index (χ1) is 14.9. The van der Waals surface area contributed by atoms with E-state index in [-0.39, 0.29) is 24.5 Å². The number of nitrogens with zero attached hydrogens (tertiary/aromatic N) is 1. The van der Waals surface area contributed by atoms with Crippen LogP contribution in [0.15, 0.2) is 59.5 Å². The number of benzene rings is 1. The fraction of sp³-hybridized carbons (Fsp3) is 0.227. The first-order valence-electron chi connectivity index (χ1n) is 9.66. The van der Waals surface area contributed by atoms with Crippen LogP contribution in [0.5, 0.6) is 5.75 Å². The molecule has 0 radical (unpaired) electrons. The van der Waals surface area contributed by atoms with Crippen molar-refractivity contribution in [3.05, 3.63) is 70.0 Å². The monoisotopic (exact) mass is 441 g/mol. The van der Waals surface area contributed by atoms with Gasteiger partial charge in [0.2, 0.25) is 0 Å². The molecular weight excluding hydrogens is 418 g/mol. The lowest BCUT2D eigenvalue weighted by atomic mass is 10.1. The van der Waals surface area contributed by atoms with Crippen LogP contribution in [-0.2, 0) is 16.6 Å². The number of urea groups is 1. The van der Waals surface area contributed by atoms with E-state index in [2.05, 4.69) is 10.6 Å². The molecule has 31 heavy (non-hydrogen) atoms. The molecule has 9 heteroatoms. The van der Waals surface area contributed by atoms with Crippen LogP contribution in [0.25, 0.3) is 10.4 Å². The average molecular weight is 442 g/mol. The summed E-state index contributed by atoms with van der Waals surface area (Å²) in [5, 5.41) is 15.0. The Kier molecular flexibility index (Phi) is 7.09. The summed E-state index contributed by atoms with van der Waals surface area (Å²) in [6.07, 6.45) is 1.32. The Hall–Kier alpha value is -3.59. The van der Waals surface area contributed by atoms with Crippen LogP contribution < -0.4 is 16.2 Å². The molecule has 0 bridgehead atoms. The number of aryl methyl sites for hydroxylation is 1. The molecule has 2 amide bonds. The topological polar surface area (TPSA) is 110 Å². The molecular formula is C22H23N3O5S. The summed E-state index contributed by atoms with van der Waals surface area (Å²) in [6.45, 7) is 1.94. The van der Waals surface area contributed by atoms with Crippen molar-refractivity contribution in [3.63, 3.8) is 0 Å². The summed E-state index contributed by atoms with van der Waals surface area (Å²) in [6, 6.07) is 13.4. The minimum atomic E-state index is -0.720. The molecule has 2 aromatic heterocycles. The second-order valence-electron chi connectivity index (χ2n) is 6.72. The molecule has 3 N–H and O–H groups in total. The zero-order valence-electron chi connectivity index (χ0n) is 17.1. The standard InChI is InChI=1S/C22H23N3O5S/c1-3-30-19(27)13-15(18-10-9-17(31-18)14-7-5-4-6-8-14)23-22(29)24-20-16(26)11-12-25(2)21(20)28/h4-12,15,26H,3,13H2,1-2H3,(H2,23,24,29). The molecule has 8 nitrogen and oxygen atoms in total. The van der Waals surface area contributed by atoms with E-state index in [9.17, 15) is 19.5 Å². The van der Waals surface area contributed by atoms with Gasteiger partial charge in [-0.05, 0) is 30.7 Å². The summed E-state index contributed by atoms with van der Waals surface area (Å²) in [5.74, 6) is -0.802. The number of thiophene rings is 1. The van der Waals surface area contributed by atoms with Crippen LogP contribution in [0, 0.1) is 0 Å². The molecule has 1 unspecified atom stereocenters. The predicted molar refractivity (Wildman–Crippen MR) is 119 cm³/mol. The van der Waals surface area contributed by atoms with Crippen LogP contribution in [0.2, 0.25) is 0 Å². The third-order valence-corrected chi connectivity index (χ3v) is 5.74. The third-order valence-electron chi connectivity index (χ3n) is 4.49. The van der Waals surface area contributed by atoms with Crippen LogP contribution in [0.4, 0.5) is 10.5 Å². The second kappa shape index (κ2) is 9.94. The van der Waals surface area contributed by atoms with Crippen molar-refractivity contribution in [3.8, 4) is 16.2 Å². The van der Waals surface area contributed by atoms with E-state index in [1.54, 1.807) is 6.92 Å². The maximum absolute atomic E-state index is 12.6. The summed E-state index contributed by atoms with van der Waals surface area (Å²) in [7, 11) is 1.51. The van der Waals surface area contributed by atoms with Gasteiger partial charge in [0.05, 0.1) is 19.1 Å².